The molecule has 0 unspecified atom stereocenters. The summed E-state index contributed by atoms with van der Waals surface area (Å²) in [6.45, 7) is 10.1. The summed E-state index contributed by atoms with van der Waals surface area (Å²) < 4.78 is 1.62. The molecular formula is C26H26N6O2. The summed E-state index contributed by atoms with van der Waals surface area (Å²) in [7, 11) is 0. The van der Waals surface area contributed by atoms with Crippen LogP contribution in [0.1, 0.15) is 35.3 Å². The van der Waals surface area contributed by atoms with Crippen molar-refractivity contribution >= 4 is 34.5 Å². The second-order valence-corrected chi connectivity index (χ2v) is 7.91. The van der Waals surface area contributed by atoms with Gasteiger partial charge < -0.3 is 16.0 Å². The van der Waals surface area contributed by atoms with E-state index in [1.165, 1.54) is 0 Å². The first kappa shape index (κ1) is 22.7. The second-order valence-electron chi connectivity index (χ2n) is 7.91. The Labute approximate surface area is 197 Å². The lowest BCUT2D eigenvalue weighted by molar-refractivity contribution is 0.102. The Morgan fingerprint density at radius 1 is 1.03 bits per heavy atom. The summed E-state index contributed by atoms with van der Waals surface area (Å²) in [5.41, 5.74) is 6.56. The lowest BCUT2D eigenvalue weighted by atomic mass is 10.0. The summed E-state index contributed by atoms with van der Waals surface area (Å²) in [5.74, 6) is -0.204. The largest absolute Gasteiger partial charge is 0.338 e. The van der Waals surface area contributed by atoms with Gasteiger partial charge in [-0.2, -0.15) is 5.10 Å². The third-order valence-corrected chi connectivity index (χ3v) is 5.44. The molecule has 0 bridgehead atoms. The fourth-order valence-corrected chi connectivity index (χ4v) is 3.62. The minimum atomic E-state index is -0.319. The van der Waals surface area contributed by atoms with Crippen LogP contribution in [0, 0.1) is 6.92 Å². The van der Waals surface area contributed by atoms with Gasteiger partial charge in [-0.15, -0.1) is 0 Å². The van der Waals surface area contributed by atoms with Gasteiger partial charge in [-0.3, -0.25) is 4.79 Å². The van der Waals surface area contributed by atoms with Crippen LogP contribution in [0.25, 0.3) is 22.5 Å². The van der Waals surface area contributed by atoms with Crippen LogP contribution < -0.4 is 16.0 Å². The number of anilines is 2. The molecule has 2 aromatic heterocycles. The van der Waals surface area contributed by atoms with Gasteiger partial charge in [0, 0.05) is 35.8 Å². The topological polar surface area (TPSA) is 100 Å². The number of urea groups is 1. The molecule has 0 aliphatic carbocycles. The highest BCUT2D eigenvalue weighted by molar-refractivity contribution is 6.05. The molecule has 0 aliphatic heterocycles. The van der Waals surface area contributed by atoms with Crippen molar-refractivity contribution in [3.8, 4) is 11.3 Å². The molecule has 4 aromatic rings. The van der Waals surface area contributed by atoms with Gasteiger partial charge in [0.25, 0.3) is 5.91 Å². The van der Waals surface area contributed by atoms with E-state index in [0.29, 0.717) is 34.8 Å². The van der Waals surface area contributed by atoms with Gasteiger partial charge in [0.15, 0.2) is 5.65 Å². The number of amides is 3. The Morgan fingerprint density at radius 2 is 1.76 bits per heavy atom. The molecule has 0 saturated carbocycles. The van der Waals surface area contributed by atoms with Gasteiger partial charge >= 0.3 is 6.03 Å². The Bertz CT molecular complexity index is 1390. The van der Waals surface area contributed by atoms with Crippen LogP contribution in [-0.4, -0.2) is 33.1 Å². The number of carbonyl (C=O) groups is 2. The maximum absolute atomic E-state index is 12.9. The minimum absolute atomic E-state index is 0.204. The SMILES string of the molecule is C=C(C)c1ccc(C(=O)Nc2cccc(-c3cc(NC(=O)NCC)c4nccn4n3)c2C)cc1. The summed E-state index contributed by atoms with van der Waals surface area (Å²) in [4.78, 5) is 29.3. The number of nitrogens with one attached hydrogen (secondary N) is 3. The maximum atomic E-state index is 12.9. The number of allylic oxidation sites excluding steroid dienone is 1. The van der Waals surface area contributed by atoms with E-state index in [1.54, 1.807) is 35.1 Å². The fraction of sp³-hybridized carbons (Fsp3) is 0.154. The number of hydrogen-bond donors (Lipinski definition) is 3. The second kappa shape index (κ2) is 9.58. The van der Waals surface area contributed by atoms with Crippen molar-refractivity contribution in [1.82, 2.24) is 19.9 Å². The van der Waals surface area contributed by atoms with Crippen LogP contribution in [-0.2, 0) is 0 Å². The highest BCUT2D eigenvalue weighted by atomic mass is 16.2. The third kappa shape index (κ3) is 4.66. The van der Waals surface area contributed by atoms with E-state index in [2.05, 4.69) is 32.6 Å². The highest BCUT2D eigenvalue weighted by Crippen LogP contribution is 2.30. The van der Waals surface area contributed by atoms with Crippen molar-refractivity contribution in [3.63, 3.8) is 0 Å². The molecule has 0 fully saturated rings. The number of imidazole rings is 1. The fourth-order valence-electron chi connectivity index (χ4n) is 3.62. The molecule has 3 amide bonds. The molecular weight excluding hydrogens is 428 g/mol. The number of rotatable bonds is 6. The molecule has 3 N–H and O–H groups in total. The first-order valence-electron chi connectivity index (χ1n) is 10.9. The number of aromatic nitrogens is 3. The molecule has 0 radical (unpaired) electrons. The van der Waals surface area contributed by atoms with E-state index in [-0.39, 0.29) is 11.9 Å². The van der Waals surface area contributed by atoms with Crippen molar-refractivity contribution in [2.75, 3.05) is 17.2 Å². The Morgan fingerprint density at radius 3 is 2.47 bits per heavy atom. The predicted molar refractivity (Wildman–Crippen MR) is 135 cm³/mol. The third-order valence-electron chi connectivity index (χ3n) is 5.44. The van der Waals surface area contributed by atoms with Gasteiger partial charge in [0.05, 0.1) is 11.4 Å². The summed E-state index contributed by atoms with van der Waals surface area (Å²) in [5, 5.41) is 13.2. The number of fused-ring (bicyclic) bond motifs is 1. The van der Waals surface area contributed by atoms with Crippen LogP contribution in [0.5, 0.6) is 0 Å². The minimum Gasteiger partial charge on any atom is -0.338 e. The van der Waals surface area contributed by atoms with Gasteiger partial charge in [-0.25, -0.2) is 14.3 Å². The smallest absolute Gasteiger partial charge is 0.319 e. The Balaban J connectivity index is 1.65. The molecule has 2 heterocycles. The maximum Gasteiger partial charge on any atom is 0.319 e. The van der Waals surface area contributed by atoms with Crippen LogP contribution in [0.2, 0.25) is 0 Å². The molecule has 172 valence electrons. The highest BCUT2D eigenvalue weighted by Gasteiger charge is 2.15. The monoisotopic (exact) mass is 454 g/mol. The zero-order valence-corrected chi connectivity index (χ0v) is 19.3. The van der Waals surface area contributed by atoms with Crippen molar-refractivity contribution < 1.29 is 9.59 Å². The van der Waals surface area contributed by atoms with Crippen molar-refractivity contribution in [2.24, 2.45) is 0 Å². The molecule has 0 saturated heterocycles. The molecule has 2 aromatic carbocycles. The van der Waals surface area contributed by atoms with E-state index in [9.17, 15) is 9.59 Å². The van der Waals surface area contributed by atoms with Gasteiger partial charge in [-0.1, -0.05) is 36.4 Å². The number of carbonyl (C=O) groups excluding carboxylic acids is 2. The van der Waals surface area contributed by atoms with Crippen LogP contribution in [0.15, 0.2) is 67.5 Å². The summed E-state index contributed by atoms with van der Waals surface area (Å²) in [6.07, 6.45) is 3.34. The van der Waals surface area contributed by atoms with Crippen LogP contribution in [0.3, 0.4) is 0 Å². The molecule has 8 heteroatoms. The normalized spacial score (nSPS) is 10.7. The van der Waals surface area contributed by atoms with E-state index in [0.717, 1.165) is 22.3 Å². The first-order chi connectivity index (χ1) is 16.4. The average Bonchev–Trinajstić information content (AvgIpc) is 3.29. The predicted octanol–water partition coefficient (Wildman–Crippen LogP) is 5.13. The van der Waals surface area contributed by atoms with Gasteiger partial charge in [-0.05, 0) is 56.2 Å². The lowest BCUT2D eigenvalue weighted by Crippen LogP contribution is -2.28. The summed E-state index contributed by atoms with van der Waals surface area (Å²) in [6, 6.07) is 14.4. The molecule has 0 atom stereocenters. The molecule has 34 heavy (non-hydrogen) atoms. The quantitative estimate of drug-likeness (QED) is 0.376. The van der Waals surface area contributed by atoms with Crippen LogP contribution >= 0.6 is 0 Å². The zero-order chi connectivity index (χ0) is 24.2. The van der Waals surface area contributed by atoms with Crippen molar-refractivity contribution in [1.29, 1.82) is 0 Å². The standard InChI is InChI=1S/C26H26N6O2/c1-5-27-26(34)30-23-15-22(31-32-14-13-28-24(23)32)20-7-6-8-21(17(20)4)29-25(33)19-11-9-18(10-12-19)16(2)3/h6-15H,2,5H2,1,3-4H3,(H,29,33)(H2,27,30,34). The van der Waals surface area contributed by atoms with E-state index >= 15 is 0 Å². The van der Waals surface area contributed by atoms with E-state index in [4.69, 9.17) is 0 Å². The average molecular weight is 455 g/mol. The van der Waals surface area contributed by atoms with Crippen LogP contribution in [0.4, 0.5) is 16.2 Å². The Kier molecular flexibility index (Phi) is 6.40. The molecule has 0 spiro atoms. The lowest BCUT2D eigenvalue weighted by Gasteiger charge is -2.14. The summed E-state index contributed by atoms with van der Waals surface area (Å²) >= 11 is 0. The van der Waals surface area contributed by atoms with E-state index in [1.807, 2.05) is 51.1 Å². The zero-order valence-electron chi connectivity index (χ0n) is 19.3. The Hall–Kier alpha value is -4.46. The van der Waals surface area contributed by atoms with Crippen molar-refractivity contribution in [2.45, 2.75) is 20.8 Å². The molecule has 8 nitrogen and oxygen atoms in total. The number of nitrogens with zero attached hydrogens (tertiary/aromatic N) is 3. The van der Waals surface area contributed by atoms with E-state index < -0.39 is 0 Å². The van der Waals surface area contributed by atoms with Crippen molar-refractivity contribution in [3.05, 3.63) is 84.2 Å². The first-order valence-corrected chi connectivity index (χ1v) is 10.9. The van der Waals surface area contributed by atoms with Gasteiger partial charge in [0.2, 0.25) is 0 Å². The number of benzene rings is 2. The molecule has 4 rings (SSSR count). The number of hydrogen-bond acceptors (Lipinski definition) is 4. The molecule has 0 aliphatic rings. The van der Waals surface area contributed by atoms with Gasteiger partial charge in [0.1, 0.15) is 0 Å².